The summed E-state index contributed by atoms with van der Waals surface area (Å²) in [6.07, 6.45) is -0.727. The van der Waals surface area contributed by atoms with E-state index in [2.05, 4.69) is 5.32 Å². The number of ether oxygens (including phenoxy) is 2. The fourth-order valence-electron chi connectivity index (χ4n) is 2.84. The summed E-state index contributed by atoms with van der Waals surface area (Å²) in [5, 5.41) is 20.8. The van der Waals surface area contributed by atoms with E-state index in [0.29, 0.717) is 23.4 Å². The average molecular weight is 401 g/mol. The molecule has 3 N–H and O–H groups in total. The lowest BCUT2D eigenvalue weighted by molar-refractivity contribution is 0.0667. The van der Waals surface area contributed by atoms with Gasteiger partial charge in [-0.25, -0.2) is 4.79 Å². The van der Waals surface area contributed by atoms with E-state index in [4.69, 9.17) is 14.6 Å². The summed E-state index contributed by atoms with van der Waals surface area (Å²) in [7, 11) is 0. The van der Waals surface area contributed by atoms with Gasteiger partial charge in [-0.2, -0.15) is 0 Å². The molecule has 156 valence electrons. The number of aliphatic hydroxyl groups excluding tert-OH is 2. The minimum absolute atomic E-state index is 0.0210. The second-order valence-electron chi connectivity index (χ2n) is 6.72. The maximum Gasteiger partial charge on any atom is 0.412 e. The first kappa shape index (κ1) is 22.4. The van der Waals surface area contributed by atoms with Crippen molar-refractivity contribution in [3.8, 4) is 5.75 Å². The van der Waals surface area contributed by atoms with Crippen LogP contribution in [0.15, 0.2) is 48.5 Å². The van der Waals surface area contributed by atoms with Gasteiger partial charge in [0.05, 0.1) is 6.61 Å². The molecule has 0 aliphatic heterocycles. The minimum atomic E-state index is -0.629. The van der Waals surface area contributed by atoms with Gasteiger partial charge in [-0.05, 0) is 61.2 Å². The number of aliphatic hydroxyl groups is 2. The molecular formula is C22H27NO6. The van der Waals surface area contributed by atoms with E-state index in [1.54, 1.807) is 48.5 Å². The van der Waals surface area contributed by atoms with Crippen LogP contribution in [-0.2, 0) is 4.74 Å². The molecule has 2 aromatic rings. The summed E-state index contributed by atoms with van der Waals surface area (Å²) in [5.41, 5.74) is 1.84. The number of nitrogens with one attached hydrogen (secondary N) is 1. The number of Topliss-reactive ketones (excluding diaryl/α,β-unsaturated/α-hetero) is 1. The maximum atomic E-state index is 12.4. The summed E-state index contributed by atoms with van der Waals surface area (Å²) < 4.78 is 11.0. The number of hydrogen-bond acceptors (Lipinski definition) is 6. The Morgan fingerprint density at radius 2 is 1.66 bits per heavy atom. The van der Waals surface area contributed by atoms with Crippen LogP contribution >= 0.6 is 0 Å². The number of ketones is 1. The Bertz CT molecular complexity index is 788. The molecule has 7 heteroatoms. The van der Waals surface area contributed by atoms with Crippen LogP contribution in [-0.4, -0.2) is 41.9 Å². The van der Waals surface area contributed by atoms with Gasteiger partial charge in [-0.1, -0.05) is 19.1 Å². The van der Waals surface area contributed by atoms with Gasteiger partial charge < -0.3 is 19.7 Å². The second kappa shape index (κ2) is 11.2. The highest BCUT2D eigenvalue weighted by Crippen LogP contribution is 2.30. The molecule has 0 fully saturated rings. The van der Waals surface area contributed by atoms with Crippen LogP contribution in [0.1, 0.15) is 42.3 Å². The number of benzene rings is 2. The lowest BCUT2D eigenvalue weighted by Crippen LogP contribution is -2.22. The summed E-state index contributed by atoms with van der Waals surface area (Å²) >= 11 is 0. The molecule has 0 unspecified atom stereocenters. The van der Waals surface area contributed by atoms with Crippen molar-refractivity contribution in [2.75, 3.05) is 25.1 Å². The zero-order valence-electron chi connectivity index (χ0n) is 16.6. The molecule has 0 bridgehead atoms. The molecule has 2 rings (SSSR count). The standard InChI is InChI=1S/C22H27NO6/c1-15(11-12-24)21(18-5-9-20(10-6-18)28-14-13-25)29-22(27)23-19-7-3-17(4-8-19)16(2)26/h3-10,15,21,24-25H,11-14H2,1-2H3,(H,23,27)/t15-,21+/m0/s1. The van der Waals surface area contributed by atoms with Crippen molar-refractivity contribution in [2.24, 2.45) is 5.92 Å². The van der Waals surface area contributed by atoms with Crippen LogP contribution in [0.25, 0.3) is 0 Å². The van der Waals surface area contributed by atoms with E-state index in [-0.39, 0.29) is 31.5 Å². The van der Waals surface area contributed by atoms with Gasteiger partial charge in [0, 0.05) is 17.9 Å². The molecule has 0 saturated heterocycles. The van der Waals surface area contributed by atoms with Gasteiger partial charge in [0.2, 0.25) is 0 Å². The second-order valence-corrected chi connectivity index (χ2v) is 6.72. The molecule has 29 heavy (non-hydrogen) atoms. The van der Waals surface area contributed by atoms with Crippen LogP contribution in [0, 0.1) is 5.92 Å². The molecule has 1 amide bonds. The Balaban J connectivity index is 2.09. The molecule has 0 heterocycles. The Morgan fingerprint density at radius 3 is 2.21 bits per heavy atom. The first-order valence-electron chi connectivity index (χ1n) is 9.47. The number of carbonyl (C=O) groups excluding carboxylic acids is 2. The van der Waals surface area contributed by atoms with Gasteiger partial charge in [0.1, 0.15) is 18.5 Å². The highest BCUT2D eigenvalue weighted by Gasteiger charge is 2.23. The fraction of sp³-hybridized carbons (Fsp3) is 0.364. The van der Waals surface area contributed by atoms with E-state index >= 15 is 0 Å². The zero-order valence-corrected chi connectivity index (χ0v) is 16.6. The van der Waals surface area contributed by atoms with E-state index in [0.717, 1.165) is 5.56 Å². The van der Waals surface area contributed by atoms with Crippen molar-refractivity contribution >= 4 is 17.6 Å². The number of carbonyl (C=O) groups is 2. The Kier molecular flexibility index (Phi) is 8.64. The quantitative estimate of drug-likeness (QED) is 0.526. The molecule has 7 nitrogen and oxygen atoms in total. The predicted molar refractivity (Wildman–Crippen MR) is 109 cm³/mol. The van der Waals surface area contributed by atoms with E-state index < -0.39 is 12.2 Å². The molecule has 0 saturated carbocycles. The van der Waals surface area contributed by atoms with Crippen molar-refractivity contribution in [1.82, 2.24) is 0 Å². The van der Waals surface area contributed by atoms with Gasteiger partial charge >= 0.3 is 6.09 Å². The van der Waals surface area contributed by atoms with E-state index in [1.165, 1.54) is 6.92 Å². The zero-order chi connectivity index (χ0) is 21.2. The number of rotatable bonds is 10. The SMILES string of the molecule is CC(=O)c1ccc(NC(=O)O[C@@H](c2ccc(OCCO)cc2)[C@@H](C)CCO)cc1. The number of amides is 1. The van der Waals surface area contributed by atoms with Crippen molar-refractivity contribution in [1.29, 1.82) is 0 Å². The van der Waals surface area contributed by atoms with Crippen molar-refractivity contribution in [3.05, 3.63) is 59.7 Å². The Morgan fingerprint density at radius 1 is 1.00 bits per heavy atom. The first-order chi connectivity index (χ1) is 13.9. The summed E-state index contributed by atoms with van der Waals surface area (Å²) in [6.45, 7) is 3.47. The average Bonchev–Trinajstić information content (AvgIpc) is 2.71. The topological polar surface area (TPSA) is 105 Å². The normalized spacial score (nSPS) is 12.7. The Labute approximate surface area is 170 Å². The highest BCUT2D eigenvalue weighted by molar-refractivity contribution is 5.94. The predicted octanol–water partition coefficient (Wildman–Crippen LogP) is 3.57. The van der Waals surface area contributed by atoms with Gasteiger partial charge in [-0.15, -0.1) is 0 Å². The number of anilines is 1. The van der Waals surface area contributed by atoms with E-state index in [9.17, 15) is 14.7 Å². The monoisotopic (exact) mass is 401 g/mol. The first-order valence-corrected chi connectivity index (χ1v) is 9.47. The van der Waals surface area contributed by atoms with Gasteiger partial charge in [0.25, 0.3) is 0 Å². The van der Waals surface area contributed by atoms with Crippen molar-refractivity contribution in [2.45, 2.75) is 26.4 Å². The van der Waals surface area contributed by atoms with Crippen LogP contribution in [0.2, 0.25) is 0 Å². The van der Waals surface area contributed by atoms with Gasteiger partial charge in [-0.3, -0.25) is 10.1 Å². The van der Waals surface area contributed by atoms with Crippen molar-refractivity contribution in [3.63, 3.8) is 0 Å². The highest BCUT2D eigenvalue weighted by atomic mass is 16.6. The lowest BCUT2D eigenvalue weighted by Gasteiger charge is -2.24. The molecule has 2 aromatic carbocycles. The van der Waals surface area contributed by atoms with Crippen LogP contribution in [0.3, 0.4) is 0 Å². The largest absolute Gasteiger partial charge is 0.491 e. The molecule has 2 atom stereocenters. The number of hydrogen-bond donors (Lipinski definition) is 3. The Hall–Kier alpha value is -2.90. The van der Waals surface area contributed by atoms with Crippen LogP contribution in [0.5, 0.6) is 5.75 Å². The minimum Gasteiger partial charge on any atom is -0.491 e. The molecule has 0 aromatic heterocycles. The maximum absolute atomic E-state index is 12.4. The molecular weight excluding hydrogens is 374 g/mol. The third kappa shape index (κ3) is 6.89. The molecule has 0 spiro atoms. The fourth-order valence-corrected chi connectivity index (χ4v) is 2.84. The molecule has 0 aliphatic rings. The third-order valence-electron chi connectivity index (χ3n) is 4.44. The van der Waals surface area contributed by atoms with Crippen molar-refractivity contribution < 1.29 is 29.3 Å². The third-order valence-corrected chi connectivity index (χ3v) is 4.44. The molecule has 0 radical (unpaired) electrons. The summed E-state index contributed by atoms with van der Waals surface area (Å²) in [5.74, 6) is 0.435. The van der Waals surface area contributed by atoms with E-state index in [1.807, 2.05) is 6.92 Å². The van der Waals surface area contributed by atoms with Crippen LogP contribution < -0.4 is 10.1 Å². The molecule has 0 aliphatic carbocycles. The smallest absolute Gasteiger partial charge is 0.412 e. The lowest BCUT2D eigenvalue weighted by atomic mass is 9.94. The summed E-state index contributed by atoms with van der Waals surface area (Å²) in [4.78, 5) is 23.8. The van der Waals surface area contributed by atoms with Gasteiger partial charge in [0.15, 0.2) is 5.78 Å². The summed E-state index contributed by atoms with van der Waals surface area (Å²) in [6, 6.07) is 13.6. The van der Waals surface area contributed by atoms with Crippen LogP contribution in [0.4, 0.5) is 10.5 Å².